The molecule has 0 saturated heterocycles. The molecule has 0 radical (unpaired) electrons. The minimum Gasteiger partial charge on any atom is -0.481 e. The molecule has 0 bridgehead atoms. The Kier molecular flexibility index (Phi) is 6.95. The average molecular weight is 305 g/mol. The molecule has 0 aromatic carbocycles. The van der Waals surface area contributed by atoms with Crippen molar-refractivity contribution in [3.8, 4) is 0 Å². The Hall–Kier alpha value is -0.620. The lowest BCUT2D eigenvalue weighted by Crippen LogP contribution is -2.40. The molecule has 1 aliphatic carbocycles. The van der Waals surface area contributed by atoms with Crippen molar-refractivity contribution >= 4 is 16.0 Å². The highest BCUT2D eigenvalue weighted by molar-refractivity contribution is 7.90. The number of nitrogens with one attached hydrogen (secondary N) is 1. The molecule has 5 nitrogen and oxygen atoms in total. The number of aliphatic carboxylic acids is 1. The number of carboxylic acid groups (broad SMARTS) is 1. The van der Waals surface area contributed by atoms with Crippen LogP contribution in [-0.2, 0) is 14.8 Å². The molecule has 0 heterocycles. The van der Waals surface area contributed by atoms with E-state index >= 15 is 0 Å². The molecule has 0 amide bonds. The molecule has 0 aromatic heterocycles. The standard InChI is InChI=1S/C14H27NO4S/c1-11(14(16)17)7-6-8-12(2)15-20(18,19)13-9-4-3-5-10-13/h11-13,15H,3-10H2,1-2H3,(H,16,17). The van der Waals surface area contributed by atoms with E-state index in [1.165, 1.54) is 0 Å². The SMILES string of the molecule is CC(CCCC(C)C(=O)O)NS(=O)(=O)C1CCCCC1. The van der Waals surface area contributed by atoms with Gasteiger partial charge in [0.25, 0.3) is 0 Å². The fourth-order valence-corrected chi connectivity index (χ4v) is 4.49. The zero-order chi connectivity index (χ0) is 15.2. The van der Waals surface area contributed by atoms with E-state index < -0.39 is 16.0 Å². The smallest absolute Gasteiger partial charge is 0.306 e. The molecule has 2 unspecified atom stereocenters. The van der Waals surface area contributed by atoms with Gasteiger partial charge in [0.2, 0.25) is 10.0 Å². The van der Waals surface area contributed by atoms with Crippen LogP contribution in [0.25, 0.3) is 0 Å². The van der Waals surface area contributed by atoms with Crippen LogP contribution in [0.2, 0.25) is 0 Å². The second-order valence-electron chi connectivity index (χ2n) is 5.99. The largest absolute Gasteiger partial charge is 0.481 e. The Morgan fingerprint density at radius 3 is 2.35 bits per heavy atom. The van der Waals surface area contributed by atoms with Gasteiger partial charge in [-0.25, -0.2) is 13.1 Å². The molecular formula is C14H27NO4S. The zero-order valence-electron chi connectivity index (χ0n) is 12.5. The van der Waals surface area contributed by atoms with Crippen LogP contribution in [0.3, 0.4) is 0 Å². The van der Waals surface area contributed by atoms with E-state index in [0.717, 1.165) is 38.5 Å². The van der Waals surface area contributed by atoms with Crippen molar-refractivity contribution in [2.45, 2.75) is 76.5 Å². The highest BCUT2D eigenvalue weighted by Crippen LogP contribution is 2.23. The Bertz CT molecular complexity index is 401. The van der Waals surface area contributed by atoms with E-state index in [4.69, 9.17) is 5.11 Å². The molecule has 118 valence electrons. The molecule has 6 heteroatoms. The van der Waals surface area contributed by atoms with Gasteiger partial charge in [-0.15, -0.1) is 0 Å². The minimum absolute atomic E-state index is 0.122. The Morgan fingerprint density at radius 1 is 1.20 bits per heavy atom. The molecule has 2 atom stereocenters. The number of carbonyl (C=O) groups is 1. The van der Waals surface area contributed by atoms with Gasteiger partial charge in [0.05, 0.1) is 11.2 Å². The molecule has 1 fully saturated rings. The van der Waals surface area contributed by atoms with Crippen molar-refractivity contribution in [2.24, 2.45) is 5.92 Å². The quantitative estimate of drug-likeness (QED) is 0.722. The normalized spacial score (nSPS) is 20.5. The summed E-state index contributed by atoms with van der Waals surface area (Å²) in [6, 6.07) is -0.122. The van der Waals surface area contributed by atoms with E-state index in [2.05, 4.69) is 4.72 Å². The maximum Gasteiger partial charge on any atom is 0.306 e. The van der Waals surface area contributed by atoms with Crippen molar-refractivity contribution < 1.29 is 18.3 Å². The van der Waals surface area contributed by atoms with Crippen molar-refractivity contribution in [3.05, 3.63) is 0 Å². The monoisotopic (exact) mass is 305 g/mol. The third-order valence-electron chi connectivity index (χ3n) is 4.05. The first-order valence-electron chi connectivity index (χ1n) is 7.57. The molecule has 1 saturated carbocycles. The third-order valence-corrected chi connectivity index (χ3v) is 6.13. The van der Waals surface area contributed by atoms with Gasteiger partial charge < -0.3 is 5.11 Å². The first-order valence-corrected chi connectivity index (χ1v) is 9.11. The summed E-state index contributed by atoms with van der Waals surface area (Å²) < 4.78 is 27.1. The minimum atomic E-state index is -3.22. The van der Waals surface area contributed by atoms with E-state index in [-0.39, 0.29) is 17.2 Å². The van der Waals surface area contributed by atoms with Crippen molar-refractivity contribution in [3.63, 3.8) is 0 Å². The van der Waals surface area contributed by atoms with Crippen molar-refractivity contribution in [1.29, 1.82) is 0 Å². The number of sulfonamides is 1. The summed E-state index contributed by atoms with van der Waals surface area (Å²) >= 11 is 0. The fourth-order valence-electron chi connectivity index (χ4n) is 2.66. The van der Waals surface area contributed by atoms with Crippen LogP contribution in [-0.4, -0.2) is 30.8 Å². The highest BCUT2D eigenvalue weighted by Gasteiger charge is 2.28. The highest BCUT2D eigenvalue weighted by atomic mass is 32.2. The van der Waals surface area contributed by atoms with Gasteiger partial charge in [-0.1, -0.05) is 32.6 Å². The predicted octanol–water partition coefficient (Wildman–Crippen LogP) is 2.52. The fraction of sp³-hybridized carbons (Fsp3) is 0.929. The first kappa shape index (κ1) is 17.4. The average Bonchev–Trinajstić information content (AvgIpc) is 2.39. The van der Waals surface area contributed by atoms with Gasteiger partial charge >= 0.3 is 5.97 Å². The summed E-state index contributed by atoms with van der Waals surface area (Å²) in [5.74, 6) is -1.16. The van der Waals surface area contributed by atoms with Gasteiger partial charge in [-0.3, -0.25) is 4.79 Å². The van der Waals surface area contributed by atoms with E-state index in [1.54, 1.807) is 6.92 Å². The van der Waals surface area contributed by atoms with Crippen molar-refractivity contribution in [1.82, 2.24) is 4.72 Å². The number of carboxylic acids is 1. The second-order valence-corrected chi connectivity index (χ2v) is 7.99. The Labute approximate surface area is 122 Å². The lowest BCUT2D eigenvalue weighted by molar-refractivity contribution is -0.141. The van der Waals surface area contributed by atoms with Gasteiger partial charge in [0, 0.05) is 6.04 Å². The van der Waals surface area contributed by atoms with Crippen LogP contribution in [0.1, 0.15) is 65.2 Å². The molecule has 1 aliphatic rings. The lowest BCUT2D eigenvalue weighted by Gasteiger charge is -2.24. The number of hydrogen-bond acceptors (Lipinski definition) is 3. The summed E-state index contributed by atoms with van der Waals surface area (Å²) in [6.07, 6.45) is 6.65. The van der Waals surface area contributed by atoms with Crippen LogP contribution < -0.4 is 4.72 Å². The number of rotatable bonds is 8. The van der Waals surface area contributed by atoms with Crippen LogP contribution >= 0.6 is 0 Å². The Balaban J connectivity index is 2.33. The molecule has 0 spiro atoms. The van der Waals surface area contributed by atoms with Crippen LogP contribution in [0.5, 0.6) is 0 Å². The third kappa shape index (κ3) is 5.79. The summed E-state index contributed by atoms with van der Waals surface area (Å²) in [7, 11) is -3.22. The summed E-state index contributed by atoms with van der Waals surface area (Å²) in [6.45, 7) is 3.53. The van der Waals surface area contributed by atoms with Crippen LogP contribution in [0, 0.1) is 5.92 Å². The summed E-state index contributed by atoms with van der Waals surface area (Å²) in [5.41, 5.74) is 0. The van der Waals surface area contributed by atoms with E-state index in [1.807, 2.05) is 6.92 Å². The van der Waals surface area contributed by atoms with Crippen molar-refractivity contribution in [2.75, 3.05) is 0 Å². The van der Waals surface area contributed by atoms with Gasteiger partial charge in [0.15, 0.2) is 0 Å². The topological polar surface area (TPSA) is 83.5 Å². The maximum absolute atomic E-state index is 12.2. The lowest BCUT2D eigenvalue weighted by atomic mass is 10.0. The zero-order valence-corrected chi connectivity index (χ0v) is 13.3. The first-order chi connectivity index (χ1) is 9.33. The molecule has 20 heavy (non-hydrogen) atoms. The molecule has 2 N–H and O–H groups in total. The summed E-state index contributed by atoms with van der Waals surface area (Å²) in [5, 5.41) is 8.55. The Morgan fingerprint density at radius 2 is 1.80 bits per heavy atom. The molecule has 0 aromatic rings. The van der Waals surface area contributed by atoms with Gasteiger partial charge in [-0.2, -0.15) is 0 Å². The van der Waals surface area contributed by atoms with E-state index in [9.17, 15) is 13.2 Å². The van der Waals surface area contributed by atoms with E-state index in [0.29, 0.717) is 12.8 Å². The number of hydrogen-bond donors (Lipinski definition) is 2. The predicted molar refractivity (Wildman–Crippen MR) is 79.0 cm³/mol. The molecule has 1 rings (SSSR count). The maximum atomic E-state index is 12.2. The summed E-state index contributed by atoms with van der Waals surface area (Å²) in [4.78, 5) is 10.7. The van der Waals surface area contributed by atoms with Crippen LogP contribution in [0.4, 0.5) is 0 Å². The van der Waals surface area contributed by atoms with Crippen LogP contribution in [0.15, 0.2) is 0 Å². The molecular weight excluding hydrogens is 278 g/mol. The second kappa shape index (κ2) is 7.98. The van der Waals surface area contributed by atoms with Gasteiger partial charge in [-0.05, 0) is 32.6 Å². The van der Waals surface area contributed by atoms with Gasteiger partial charge in [0.1, 0.15) is 0 Å². The molecule has 0 aliphatic heterocycles.